The lowest BCUT2D eigenvalue weighted by Crippen LogP contribution is -2.42. The van der Waals surface area contributed by atoms with Gasteiger partial charge in [0.15, 0.2) is 0 Å². The zero-order valence-corrected chi connectivity index (χ0v) is 59.2. The van der Waals surface area contributed by atoms with Gasteiger partial charge < -0.3 is 54.5 Å². The zero-order valence-electron chi connectivity index (χ0n) is 59.2. The van der Waals surface area contributed by atoms with Crippen LogP contribution in [0.4, 0.5) is 11.9 Å². The summed E-state index contributed by atoms with van der Waals surface area (Å²) in [5.41, 5.74) is 13.2. The Morgan fingerprint density at radius 3 is 1.45 bits per heavy atom. The molecule has 9 aromatic rings. The first-order valence-corrected chi connectivity index (χ1v) is 37.0. The molecule has 24 heteroatoms. The molecule has 7 aliphatic rings. The molecule has 0 spiro atoms. The van der Waals surface area contributed by atoms with Gasteiger partial charge in [-0.05, 0) is 191 Å². The molecule has 7 fully saturated rings. The summed E-state index contributed by atoms with van der Waals surface area (Å²) in [4.78, 5) is 25.2. The van der Waals surface area contributed by atoms with Crippen LogP contribution in [-0.2, 0) is 20.6 Å². The monoisotopic (exact) mass is 1370 g/mol. The first-order valence-electron chi connectivity index (χ1n) is 37.0. The number of pyridine rings is 2. The molecule has 5 saturated carbocycles. The van der Waals surface area contributed by atoms with Crippen LogP contribution in [0.15, 0.2) is 85.8 Å². The maximum absolute atomic E-state index is 10.0. The molecule has 5 aliphatic carbocycles. The number of aliphatic hydroxyl groups excluding tert-OH is 3. The number of likely N-dealkylation sites (tertiary alicyclic amines) is 1. The molecule has 0 amide bonds. The van der Waals surface area contributed by atoms with E-state index in [1.54, 1.807) is 14.2 Å². The van der Waals surface area contributed by atoms with Crippen molar-refractivity contribution < 1.29 is 39.0 Å². The van der Waals surface area contributed by atoms with Crippen molar-refractivity contribution in [3.8, 4) is 45.1 Å². The quantitative estimate of drug-likeness (QED) is 0.0447. The van der Waals surface area contributed by atoms with E-state index in [-0.39, 0.29) is 48.0 Å². The highest BCUT2D eigenvalue weighted by Gasteiger charge is 2.36. The van der Waals surface area contributed by atoms with Crippen molar-refractivity contribution in [2.45, 2.75) is 222 Å². The van der Waals surface area contributed by atoms with Crippen LogP contribution in [0.5, 0.6) is 11.8 Å². The second-order valence-electron chi connectivity index (χ2n) is 30.1. The number of methoxy groups -OCH3 is 2. The number of aromatic nitrogens is 13. The Morgan fingerprint density at radius 1 is 0.540 bits per heavy atom. The van der Waals surface area contributed by atoms with Gasteiger partial charge in [0.2, 0.25) is 23.7 Å². The largest absolute Gasteiger partial charge is 0.474 e. The van der Waals surface area contributed by atoms with Crippen LogP contribution < -0.4 is 20.1 Å². The first-order chi connectivity index (χ1) is 48.7. The molecular formula is C76H102N16O8. The zero-order chi connectivity index (χ0) is 68.9. The van der Waals surface area contributed by atoms with Gasteiger partial charge in [-0.25, -0.2) is 38.5 Å². The summed E-state index contributed by atoms with van der Waals surface area (Å²) < 4.78 is 36.6. The van der Waals surface area contributed by atoms with Crippen LogP contribution in [0.25, 0.3) is 49.9 Å². The van der Waals surface area contributed by atoms with Crippen molar-refractivity contribution in [1.82, 2.24) is 68.4 Å². The minimum atomic E-state index is -0.201. The number of hydrogen-bond donors (Lipinski definition) is 5. The molecule has 16 rings (SSSR count). The normalized spacial score (nSPS) is 24.0. The number of aliphatic hydroxyl groups is 3. The summed E-state index contributed by atoms with van der Waals surface area (Å²) in [6.45, 7) is 11.0. The van der Waals surface area contributed by atoms with Gasteiger partial charge in [-0.2, -0.15) is 10.2 Å². The molecular weight excluding hydrogens is 1260 g/mol. The minimum absolute atomic E-state index is 0.0929. The van der Waals surface area contributed by atoms with Gasteiger partial charge >= 0.3 is 0 Å². The lowest BCUT2D eigenvalue weighted by atomic mass is 9.85. The molecule has 9 aromatic heterocycles. The number of anilines is 2. The highest BCUT2D eigenvalue weighted by Crippen LogP contribution is 2.43. The second-order valence-corrected chi connectivity index (χ2v) is 30.1. The third kappa shape index (κ3) is 16.1. The number of rotatable bonds is 21. The fourth-order valence-electron chi connectivity index (χ4n) is 15.9. The van der Waals surface area contributed by atoms with Crippen molar-refractivity contribution in [3.63, 3.8) is 0 Å². The van der Waals surface area contributed by atoms with Gasteiger partial charge in [0.05, 0.1) is 92.1 Å². The van der Waals surface area contributed by atoms with E-state index in [1.165, 1.54) is 37.8 Å². The van der Waals surface area contributed by atoms with Gasteiger partial charge in [-0.3, -0.25) is 4.68 Å². The fourth-order valence-corrected chi connectivity index (χ4v) is 15.9. The van der Waals surface area contributed by atoms with Crippen LogP contribution in [-0.4, -0.2) is 187 Å². The molecule has 11 heterocycles. The Kier molecular flexibility index (Phi) is 21.7. The Bertz CT molecular complexity index is 4170. The Labute approximate surface area is 586 Å². The van der Waals surface area contributed by atoms with E-state index in [0.717, 1.165) is 196 Å². The second kappa shape index (κ2) is 31.3. The van der Waals surface area contributed by atoms with Crippen LogP contribution in [0.1, 0.15) is 196 Å². The molecule has 5 N–H and O–H groups in total. The van der Waals surface area contributed by atoms with Crippen molar-refractivity contribution in [1.29, 1.82) is 0 Å². The van der Waals surface area contributed by atoms with E-state index in [2.05, 4.69) is 88.1 Å². The topological polar surface area (TPSA) is 268 Å². The summed E-state index contributed by atoms with van der Waals surface area (Å²) >= 11 is 0. The number of likely N-dealkylation sites (N-methyl/N-ethyl adjacent to an activating group) is 1. The van der Waals surface area contributed by atoms with Crippen molar-refractivity contribution in [3.05, 3.63) is 109 Å². The van der Waals surface area contributed by atoms with E-state index in [9.17, 15) is 15.3 Å². The van der Waals surface area contributed by atoms with Crippen LogP contribution in [0.2, 0.25) is 0 Å². The van der Waals surface area contributed by atoms with E-state index in [1.807, 2.05) is 84.3 Å². The van der Waals surface area contributed by atoms with E-state index < -0.39 is 0 Å². The van der Waals surface area contributed by atoms with Crippen LogP contribution in [0.3, 0.4) is 0 Å². The summed E-state index contributed by atoms with van der Waals surface area (Å²) in [6, 6.07) is 15.6. The van der Waals surface area contributed by atoms with Crippen LogP contribution in [0, 0.1) is 5.41 Å². The van der Waals surface area contributed by atoms with Gasteiger partial charge in [0, 0.05) is 139 Å². The Balaban J connectivity index is 0.000000128. The highest BCUT2D eigenvalue weighted by molar-refractivity contribution is 5.83. The number of fused-ring (bicyclic) bond motifs is 3. The maximum atomic E-state index is 10.0. The number of ether oxygens (including phenoxy) is 5. The molecule has 24 nitrogen and oxygen atoms in total. The molecule has 0 bridgehead atoms. The van der Waals surface area contributed by atoms with Gasteiger partial charge in [-0.15, -0.1) is 10.2 Å². The summed E-state index contributed by atoms with van der Waals surface area (Å²) in [5.74, 6) is 4.46. The highest BCUT2D eigenvalue weighted by atomic mass is 16.5. The maximum Gasteiger partial charge on any atom is 0.241 e. The predicted molar refractivity (Wildman–Crippen MR) is 383 cm³/mol. The van der Waals surface area contributed by atoms with Crippen molar-refractivity contribution in [2.75, 3.05) is 71.4 Å². The van der Waals surface area contributed by atoms with Gasteiger partial charge in [-0.1, -0.05) is 6.92 Å². The average molecular weight is 1370 g/mol. The average Bonchev–Trinajstić information content (AvgIpc) is 1.62. The molecule has 0 aromatic carbocycles. The smallest absolute Gasteiger partial charge is 0.241 e. The van der Waals surface area contributed by atoms with Crippen molar-refractivity contribution >= 4 is 28.4 Å². The third-order valence-electron chi connectivity index (χ3n) is 21.8. The van der Waals surface area contributed by atoms with E-state index >= 15 is 0 Å². The van der Waals surface area contributed by atoms with E-state index in [4.69, 9.17) is 44.0 Å². The molecule has 0 radical (unpaired) electrons. The van der Waals surface area contributed by atoms with Gasteiger partial charge in [0.25, 0.3) is 0 Å². The fraction of sp³-hybridized carbons (Fsp3) is 0.592. The molecule has 100 heavy (non-hydrogen) atoms. The minimum Gasteiger partial charge on any atom is -0.474 e. The molecule has 3 atom stereocenters. The van der Waals surface area contributed by atoms with E-state index in [0.29, 0.717) is 60.7 Å². The number of nitrogens with one attached hydrogen (secondary N) is 2. The molecule has 2 aliphatic heterocycles. The standard InChI is InChI=1S/C26H36N6O3.C26H35N5O3.C24H31N5O2/c1-17(16-34-3)29-26-28-14-24-22(13-23(32(24)30-26)18-4-6-20(33)7-5-18)19-8-10-27-25(12-19)35-21-9-11-31(2)15-21;1-17(16-33-2)29-26-28-15-24-22(14-23(31(24)30-26)18-7-9-20(32)10-8-18)19-11-12-27-25(13-19)34-21-5-3-4-6-21;1-24(14-31-15-24)10-23-25-12-22-20(17-11-26-28(13-17)18-3-2-4-18)9-21(29(22)27-23)16-5-7-19(30)8-6-16/h8,10,12-14,17-18,20-21,33H,4-7,9,11,15-16H2,1-3H3,(H,29,30);11-15,17-18,20-21,32H,3-10,16H2,1-2H3,(H,29,30);9,11-13,16,18-19,30H,2-8,10,14-15H2,1H3/t17-,18?,20?,21-;17-,18?,20?;/m00./s1. The third-order valence-corrected chi connectivity index (χ3v) is 21.8. The first kappa shape index (κ1) is 69.4. The summed E-state index contributed by atoms with van der Waals surface area (Å²) in [5, 5.41) is 56.2. The summed E-state index contributed by atoms with van der Waals surface area (Å²) in [6.07, 6.45) is 34.5. The van der Waals surface area contributed by atoms with Gasteiger partial charge in [0.1, 0.15) is 18.0 Å². The van der Waals surface area contributed by atoms with Crippen LogP contribution >= 0.6 is 0 Å². The number of nitrogens with zero attached hydrogens (tertiary/aromatic N) is 14. The molecule has 2 saturated heterocycles. The SMILES string of the molecule is CC1(Cc2ncc3c(-c4cnn(C5CCC5)c4)cc(C4CCC(O)CC4)n3n2)COC1.COC[C@H](C)Nc1ncc2c(-c3ccnc(OC4CCCC4)c3)cc(C3CCC(O)CC3)n2n1.COC[C@H](C)Nc1ncc2c(-c3ccnc(O[C@H]4CCN(C)C4)c3)cc(C3CCC(O)CC3)n2n1. The molecule has 0 unspecified atom stereocenters. The molecule has 534 valence electrons. The lowest BCUT2D eigenvalue weighted by molar-refractivity contribution is -0.101. The summed E-state index contributed by atoms with van der Waals surface area (Å²) in [7, 11) is 5.49. The predicted octanol–water partition coefficient (Wildman–Crippen LogP) is 11.8. The Hall–Kier alpha value is -7.71. The number of hydrogen-bond acceptors (Lipinski definition) is 20. The lowest BCUT2D eigenvalue weighted by Gasteiger charge is -2.37. The van der Waals surface area contributed by atoms with Crippen molar-refractivity contribution in [2.24, 2.45) is 5.41 Å². The Morgan fingerprint density at radius 2 is 1.01 bits per heavy atom.